The van der Waals surface area contributed by atoms with Gasteiger partial charge in [0.05, 0.1) is 17.4 Å². The lowest BCUT2D eigenvalue weighted by atomic mass is 9.81. The van der Waals surface area contributed by atoms with Crippen LogP contribution in [-0.2, 0) is 22.0 Å². The number of alkyl halides is 3. The maximum atomic E-state index is 14.1. The van der Waals surface area contributed by atoms with Gasteiger partial charge >= 0.3 is 6.18 Å². The van der Waals surface area contributed by atoms with E-state index in [1.165, 1.54) is 19.9 Å². The Morgan fingerprint density at radius 3 is 2.60 bits per heavy atom. The zero-order chi connectivity index (χ0) is 32.3. The van der Waals surface area contributed by atoms with Gasteiger partial charge in [-0.3, -0.25) is 14.6 Å². The Hall–Kier alpha value is -4.58. The molecule has 2 aromatic carbocycles. The van der Waals surface area contributed by atoms with Gasteiger partial charge in [-0.2, -0.15) is 13.2 Å². The maximum absolute atomic E-state index is 14.1. The molecule has 1 aliphatic carbocycles. The van der Waals surface area contributed by atoms with E-state index in [0.29, 0.717) is 29.0 Å². The van der Waals surface area contributed by atoms with Crippen molar-refractivity contribution >= 4 is 22.6 Å². The molecule has 3 heterocycles. The van der Waals surface area contributed by atoms with Gasteiger partial charge in [-0.25, -0.2) is 9.37 Å². The number of fused-ring (bicyclic) bond motifs is 2. The number of carbonyl (C=O) groups excluding carboxylic acids is 2. The first-order chi connectivity index (χ1) is 21.2. The molecule has 234 valence electrons. The zero-order valence-electron chi connectivity index (χ0n) is 24.4. The summed E-state index contributed by atoms with van der Waals surface area (Å²) in [6.07, 6.45) is -1.70. The fourth-order valence-electron chi connectivity index (χ4n) is 5.35. The van der Waals surface area contributed by atoms with Crippen LogP contribution in [0.2, 0.25) is 0 Å². The second-order valence-corrected chi connectivity index (χ2v) is 12.0. The molecular weight excluding hydrogens is 594 g/mol. The number of hydrogen-bond acceptors (Lipinski definition) is 7. The van der Waals surface area contributed by atoms with Gasteiger partial charge in [0.25, 0.3) is 0 Å². The van der Waals surface area contributed by atoms with Crippen molar-refractivity contribution in [3.8, 4) is 22.8 Å². The van der Waals surface area contributed by atoms with Crippen LogP contribution in [0.4, 0.5) is 17.6 Å². The standard InChI is InChI=1S/C33H29F4N3O5/c1-31(30(38)42)16-44-29-22(31)15-26(40-28(29)18-5-8-23(34)21(13-18)33(35,36)37)32(2,43)10-9-24(41)19-12-17-4-3-11-39-27(17)25(14-19)45-20-6-7-20/h3-5,8,11-15,20,43H,6-7,9-10,16H2,1-2H3,(H2,38,42)/t31-,32-/m0/s1. The molecule has 1 aliphatic heterocycles. The second kappa shape index (κ2) is 10.8. The summed E-state index contributed by atoms with van der Waals surface area (Å²) in [5.74, 6) is -2.02. The number of pyridine rings is 2. The van der Waals surface area contributed by atoms with Crippen LogP contribution in [0.3, 0.4) is 0 Å². The van der Waals surface area contributed by atoms with Crippen LogP contribution in [0.25, 0.3) is 22.2 Å². The van der Waals surface area contributed by atoms with Crippen molar-refractivity contribution in [2.75, 3.05) is 6.61 Å². The first-order valence-corrected chi connectivity index (χ1v) is 14.3. The van der Waals surface area contributed by atoms with Crippen LogP contribution in [0, 0.1) is 5.82 Å². The SMILES string of the molecule is C[C@](O)(CCC(=O)c1cc(OC2CC2)c2ncccc2c1)c1cc2c(c(-c3ccc(F)c(C(F)(F)F)c3)n1)OC[C@]2(C)C(N)=O. The highest BCUT2D eigenvalue weighted by Crippen LogP contribution is 2.47. The Bertz CT molecular complexity index is 1850. The van der Waals surface area contributed by atoms with Crippen molar-refractivity contribution in [3.05, 3.63) is 82.9 Å². The number of benzene rings is 2. The van der Waals surface area contributed by atoms with Crippen molar-refractivity contribution in [2.24, 2.45) is 5.73 Å². The Labute approximate surface area is 255 Å². The first-order valence-electron chi connectivity index (χ1n) is 14.3. The highest BCUT2D eigenvalue weighted by molar-refractivity contribution is 6.01. The summed E-state index contributed by atoms with van der Waals surface area (Å²) in [5, 5.41) is 12.3. The summed E-state index contributed by atoms with van der Waals surface area (Å²) >= 11 is 0. The smallest absolute Gasteiger partial charge is 0.419 e. The van der Waals surface area contributed by atoms with Crippen molar-refractivity contribution in [2.45, 2.75) is 62.8 Å². The Morgan fingerprint density at radius 2 is 1.91 bits per heavy atom. The van der Waals surface area contributed by atoms with Crippen LogP contribution >= 0.6 is 0 Å². The number of nitrogens with two attached hydrogens (primary N) is 1. The summed E-state index contributed by atoms with van der Waals surface area (Å²) in [6, 6.07) is 10.7. The third kappa shape index (κ3) is 5.70. The number of hydrogen-bond donors (Lipinski definition) is 2. The van der Waals surface area contributed by atoms with E-state index in [4.69, 9.17) is 15.2 Å². The van der Waals surface area contributed by atoms with E-state index in [1.807, 2.05) is 6.07 Å². The Balaban J connectivity index is 1.36. The number of aromatic nitrogens is 2. The summed E-state index contributed by atoms with van der Waals surface area (Å²) in [7, 11) is 0. The highest BCUT2D eigenvalue weighted by atomic mass is 19.4. The van der Waals surface area contributed by atoms with Gasteiger partial charge in [-0.05, 0) is 75.6 Å². The molecule has 0 spiro atoms. The Kier molecular flexibility index (Phi) is 7.30. The van der Waals surface area contributed by atoms with Crippen LogP contribution < -0.4 is 15.2 Å². The van der Waals surface area contributed by atoms with Crippen molar-refractivity contribution < 1.29 is 41.7 Å². The number of amides is 1. The molecule has 6 rings (SSSR count). The van der Waals surface area contributed by atoms with Gasteiger partial charge in [0.2, 0.25) is 5.91 Å². The van der Waals surface area contributed by atoms with Crippen LogP contribution in [0.1, 0.15) is 66.7 Å². The number of Topliss-reactive ketones (excluding diaryl/α,β-unsaturated/α-hetero) is 1. The molecule has 1 fully saturated rings. The fraction of sp³-hybridized carbons (Fsp3) is 0.333. The third-order valence-corrected chi connectivity index (χ3v) is 8.36. The molecular formula is C33H29F4N3O5. The number of rotatable bonds is 9. The fourth-order valence-corrected chi connectivity index (χ4v) is 5.35. The molecule has 0 saturated heterocycles. The van der Waals surface area contributed by atoms with E-state index in [0.717, 1.165) is 24.3 Å². The topological polar surface area (TPSA) is 125 Å². The minimum atomic E-state index is -4.99. The molecule has 12 heteroatoms. The van der Waals surface area contributed by atoms with E-state index in [2.05, 4.69) is 9.97 Å². The van der Waals surface area contributed by atoms with E-state index >= 15 is 0 Å². The van der Waals surface area contributed by atoms with E-state index in [-0.39, 0.29) is 59.6 Å². The number of halogens is 4. The summed E-state index contributed by atoms with van der Waals surface area (Å²) in [6.45, 7) is 2.70. The largest absolute Gasteiger partial charge is 0.489 e. The van der Waals surface area contributed by atoms with Gasteiger partial charge < -0.3 is 20.3 Å². The molecule has 2 atom stereocenters. The summed E-state index contributed by atoms with van der Waals surface area (Å²) in [5.41, 5.74) is 1.90. The number of primary amides is 1. The average Bonchev–Trinajstić information content (AvgIpc) is 3.75. The lowest BCUT2D eigenvalue weighted by molar-refractivity contribution is -0.140. The molecule has 0 unspecified atom stereocenters. The lowest BCUT2D eigenvalue weighted by Gasteiger charge is -2.26. The zero-order valence-corrected chi connectivity index (χ0v) is 24.4. The van der Waals surface area contributed by atoms with Gasteiger partial charge in [0.1, 0.15) is 46.1 Å². The highest BCUT2D eigenvalue weighted by Gasteiger charge is 2.45. The monoisotopic (exact) mass is 623 g/mol. The molecule has 4 aromatic rings. The summed E-state index contributed by atoms with van der Waals surface area (Å²) < 4.78 is 66.6. The molecule has 1 saturated carbocycles. The number of ether oxygens (including phenoxy) is 2. The van der Waals surface area contributed by atoms with Crippen LogP contribution in [0.5, 0.6) is 11.5 Å². The predicted molar refractivity (Wildman–Crippen MR) is 155 cm³/mol. The molecule has 1 amide bonds. The second-order valence-electron chi connectivity index (χ2n) is 12.0. The molecule has 3 N–H and O–H groups in total. The van der Waals surface area contributed by atoms with Crippen molar-refractivity contribution in [1.29, 1.82) is 0 Å². The minimum Gasteiger partial charge on any atom is -0.489 e. The first kappa shape index (κ1) is 30.4. The molecule has 45 heavy (non-hydrogen) atoms. The summed E-state index contributed by atoms with van der Waals surface area (Å²) in [4.78, 5) is 34.7. The van der Waals surface area contributed by atoms with Gasteiger partial charge in [-0.1, -0.05) is 6.07 Å². The number of aliphatic hydroxyl groups is 1. The number of nitrogens with zero attached hydrogens (tertiary/aromatic N) is 2. The number of carbonyl (C=O) groups is 2. The lowest BCUT2D eigenvalue weighted by Crippen LogP contribution is -2.40. The molecule has 2 aliphatic rings. The normalized spacial score (nSPS) is 19.1. The van der Waals surface area contributed by atoms with Crippen LogP contribution in [-0.4, -0.2) is 39.5 Å². The third-order valence-electron chi connectivity index (χ3n) is 8.36. The average molecular weight is 624 g/mol. The van der Waals surface area contributed by atoms with E-state index in [9.17, 15) is 32.3 Å². The molecule has 8 nitrogen and oxygen atoms in total. The van der Waals surface area contributed by atoms with Crippen molar-refractivity contribution in [1.82, 2.24) is 9.97 Å². The number of ketones is 1. The molecule has 0 radical (unpaired) electrons. The van der Waals surface area contributed by atoms with Gasteiger partial charge in [-0.15, -0.1) is 0 Å². The molecule has 0 bridgehead atoms. The van der Waals surface area contributed by atoms with Crippen molar-refractivity contribution in [3.63, 3.8) is 0 Å². The van der Waals surface area contributed by atoms with E-state index in [1.54, 1.807) is 24.4 Å². The predicted octanol–water partition coefficient (Wildman–Crippen LogP) is 6.00. The minimum absolute atomic E-state index is 0.000348. The maximum Gasteiger partial charge on any atom is 0.419 e. The van der Waals surface area contributed by atoms with Gasteiger partial charge in [0.15, 0.2) is 5.78 Å². The van der Waals surface area contributed by atoms with Gasteiger partial charge in [0, 0.05) is 34.7 Å². The molecule has 2 aromatic heterocycles. The quantitative estimate of drug-likeness (QED) is 0.173. The van der Waals surface area contributed by atoms with E-state index < -0.39 is 34.5 Å². The Morgan fingerprint density at radius 1 is 1.16 bits per heavy atom. The van der Waals surface area contributed by atoms with Crippen LogP contribution in [0.15, 0.2) is 54.7 Å².